The van der Waals surface area contributed by atoms with E-state index in [9.17, 15) is 18.3 Å². The Balaban J connectivity index is 1.94. The van der Waals surface area contributed by atoms with E-state index in [0.29, 0.717) is 27.8 Å². The van der Waals surface area contributed by atoms with Crippen molar-refractivity contribution in [2.24, 2.45) is 0 Å². The van der Waals surface area contributed by atoms with Gasteiger partial charge in [0, 0.05) is 28.6 Å². The number of anilines is 1. The molecule has 4 N–H and O–H groups in total. The number of aliphatic hydroxyl groups is 2. The summed E-state index contributed by atoms with van der Waals surface area (Å²) in [4.78, 5) is 3.20. The van der Waals surface area contributed by atoms with Gasteiger partial charge < -0.3 is 20.5 Å². The minimum Gasteiger partial charge on any atom is -0.392 e. The number of aromatic nitrogens is 1. The second-order valence-electron chi connectivity index (χ2n) is 6.49. The van der Waals surface area contributed by atoms with Gasteiger partial charge in [0.1, 0.15) is 6.23 Å². The minimum atomic E-state index is -4.43. The van der Waals surface area contributed by atoms with Crippen LogP contribution in [0.3, 0.4) is 0 Å². The summed E-state index contributed by atoms with van der Waals surface area (Å²) in [5.74, 6) is 0. The number of nitrogens with one attached hydrogen (secondary N) is 2. The van der Waals surface area contributed by atoms with Gasteiger partial charge in [0.05, 0.1) is 17.9 Å². The molecule has 0 aliphatic carbocycles. The molecule has 0 radical (unpaired) electrons. The first-order valence-electron chi connectivity index (χ1n) is 8.45. The van der Waals surface area contributed by atoms with Crippen molar-refractivity contribution < 1.29 is 23.4 Å². The largest absolute Gasteiger partial charge is 0.416 e. The van der Waals surface area contributed by atoms with Gasteiger partial charge in [-0.05, 0) is 41.5 Å². The number of H-pyrrole nitrogens is 1. The van der Waals surface area contributed by atoms with E-state index >= 15 is 0 Å². The van der Waals surface area contributed by atoms with Crippen molar-refractivity contribution in [1.29, 1.82) is 0 Å². The highest BCUT2D eigenvalue weighted by Gasteiger charge is 2.32. The normalized spacial score (nSPS) is 16.9. The third-order valence-electron chi connectivity index (χ3n) is 4.68. The smallest absolute Gasteiger partial charge is 0.392 e. The van der Waals surface area contributed by atoms with Gasteiger partial charge >= 0.3 is 6.18 Å². The van der Waals surface area contributed by atoms with E-state index in [4.69, 9.17) is 5.11 Å². The fourth-order valence-electron chi connectivity index (χ4n) is 3.48. The Morgan fingerprint density at radius 3 is 2.70 bits per heavy atom. The standard InChI is InChI=1S/C20H17F3N2O2/c21-20(22,23)12-4-6-16-13(9-12)14-10-18(27)24-17-5-3-11(2-1-7-26)8-15(17)19(14)25-16/h1-6,8-9,18,24-27H,7,10H2/b2-1+. The van der Waals surface area contributed by atoms with Crippen molar-refractivity contribution in [1.82, 2.24) is 4.98 Å². The number of rotatable bonds is 2. The van der Waals surface area contributed by atoms with E-state index in [-0.39, 0.29) is 13.0 Å². The average molecular weight is 374 g/mol. The van der Waals surface area contributed by atoms with Crippen molar-refractivity contribution in [3.05, 3.63) is 59.2 Å². The number of halogens is 3. The molecule has 4 rings (SSSR count). The van der Waals surface area contributed by atoms with E-state index < -0.39 is 18.0 Å². The predicted molar refractivity (Wildman–Crippen MR) is 98.2 cm³/mol. The zero-order chi connectivity index (χ0) is 19.2. The predicted octanol–water partition coefficient (Wildman–Crippen LogP) is 4.15. The summed E-state index contributed by atoms with van der Waals surface area (Å²) >= 11 is 0. The van der Waals surface area contributed by atoms with Crippen LogP contribution >= 0.6 is 0 Å². The molecule has 27 heavy (non-hydrogen) atoms. The van der Waals surface area contributed by atoms with Crippen LogP contribution < -0.4 is 5.32 Å². The van der Waals surface area contributed by atoms with Crippen LogP contribution in [0.4, 0.5) is 18.9 Å². The van der Waals surface area contributed by atoms with E-state index in [2.05, 4.69) is 10.3 Å². The molecule has 0 spiro atoms. The average Bonchev–Trinajstić information content (AvgIpc) is 2.90. The third-order valence-corrected chi connectivity index (χ3v) is 4.68. The highest BCUT2D eigenvalue weighted by Crippen LogP contribution is 2.40. The molecule has 140 valence electrons. The van der Waals surface area contributed by atoms with Crippen LogP contribution in [-0.4, -0.2) is 28.0 Å². The number of alkyl halides is 3. The second-order valence-corrected chi connectivity index (χ2v) is 6.49. The van der Waals surface area contributed by atoms with Gasteiger partial charge in [-0.2, -0.15) is 13.2 Å². The fourth-order valence-corrected chi connectivity index (χ4v) is 3.48. The maximum atomic E-state index is 13.1. The summed E-state index contributed by atoms with van der Waals surface area (Å²) in [6.45, 7) is -0.0914. The van der Waals surface area contributed by atoms with Crippen molar-refractivity contribution in [2.75, 3.05) is 11.9 Å². The quantitative estimate of drug-likeness (QED) is 0.545. The fraction of sp³-hybridized carbons (Fsp3) is 0.200. The van der Waals surface area contributed by atoms with Crippen LogP contribution in [0.25, 0.3) is 28.2 Å². The monoisotopic (exact) mass is 374 g/mol. The SMILES string of the molecule is OC/C=C/c1ccc2c(c1)-c1[nH]c3ccc(C(F)(F)F)cc3c1CC(O)N2. The van der Waals surface area contributed by atoms with E-state index in [1.54, 1.807) is 18.2 Å². The van der Waals surface area contributed by atoms with Gasteiger partial charge in [0.25, 0.3) is 0 Å². The molecule has 1 aliphatic heterocycles. The van der Waals surface area contributed by atoms with Crippen molar-refractivity contribution in [3.8, 4) is 11.3 Å². The van der Waals surface area contributed by atoms with Crippen LogP contribution in [0, 0.1) is 0 Å². The summed E-state index contributed by atoms with van der Waals surface area (Å²) in [7, 11) is 0. The van der Waals surface area contributed by atoms with Gasteiger partial charge in [0.15, 0.2) is 0 Å². The first-order valence-corrected chi connectivity index (χ1v) is 8.45. The van der Waals surface area contributed by atoms with Gasteiger partial charge in [0.2, 0.25) is 0 Å². The van der Waals surface area contributed by atoms with E-state index in [0.717, 1.165) is 23.3 Å². The highest BCUT2D eigenvalue weighted by molar-refractivity contribution is 5.95. The molecule has 2 heterocycles. The van der Waals surface area contributed by atoms with Gasteiger partial charge in [-0.25, -0.2) is 0 Å². The lowest BCUT2D eigenvalue weighted by molar-refractivity contribution is -0.137. The van der Waals surface area contributed by atoms with Gasteiger partial charge in [-0.3, -0.25) is 0 Å². The summed E-state index contributed by atoms with van der Waals surface area (Å²) in [6.07, 6.45) is -1.82. The summed E-state index contributed by atoms with van der Waals surface area (Å²) in [5.41, 5.74) is 3.46. The Kier molecular flexibility index (Phi) is 4.20. The van der Waals surface area contributed by atoms with Crippen LogP contribution in [0.2, 0.25) is 0 Å². The molecule has 1 aromatic heterocycles. The molecular weight excluding hydrogens is 357 g/mol. The molecule has 0 saturated heterocycles. The minimum absolute atomic E-state index is 0.0914. The first kappa shape index (κ1) is 17.6. The van der Waals surface area contributed by atoms with Crippen molar-refractivity contribution in [2.45, 2.75) is 18.8 Å². The number of aliphatic hydroxyl groups excluding tert-OH is 2. The lowest BCUT2D eigenvalue weighted by atomic mass is 10.00. The topological polar surface area (TPSA) is 68.3 Å². The van der Waals surface area contributed by atoms with Crippen LogP contribution in [0.1, 0.15) is 16.7 Å². The molecule has 1 aliphatic rings. The Labute approximate surface area is 153 Å². The second kappa shape index (κ2) is 6.44. The lowest BCUT2D eigenvalue weighted by Gasteiger charge is -2.13. The van der Waals surface area contributed by atoms with Gasteiger partial charge in [-0.1, -0.05) is 18.2 Å². The number of benzene rings is 2. The maximum Gasteiger partial charge on any atom is 0.416 e. The summed E-state index contributed by atoms with van der Waals surface area (Å²) in [5, 5.41) is 22.7. The van der Waals surface area contributed by atoms with Crippen LogP contribution in [0.15, 0.2) is 42.5 Å². The molecule has 7 heteroatoms. The van der Waals surface area contributed by atoms with Crippen LogP contribution in [-0.2, 0) is 12.6 Å². The number of aromatic amines is 1. The Morgan fingerprint density at radius 2 is 1.96 bits per heavy atom. The Morgan fingerprint density at radius 1 is 1.15 bits per heavy atom. The molecule has 1 unspecified atom stereocenters. The van der Waals surface area contributed by atoms with E-state index in [1.165, 1.54) is 6.07 Å². The summed E-state index contributed by atoms with van der Waals surface area (Å²) in [6, 6.07) is 9.09. The molecule has 1 atom stereocenters. The van der Waals surface area contributed by atoms with Gasteiger partial charge in [-0.15, -0.1) is 0 Å². The molecule has 0 amide bonds. The Hall–Kier alpha value is -2.77. The number of fused-ring (bicyclic) bond motifs is 5. The highest BCUT2D eigenvalue weighted by atomic mass is 19.4. The maximum absolute atomic E-state index is 13.1. The summed E-state index contributed by atoms with van der Waals surface area (Å²) < 4.78 is 39.4. The van der Waals surface area contributed by atoms with Crippen molar-refractivity contribution >= 4 is 22.7 Å². The van der Waals surface area contributed by atoms with Crippen molar-refractivity contribution in [3.63, 3.8) is 0 Å². The zero-order valence-electron chi connectivity index (χ0n) is 14.1. The molecule has 2 aromatic carbocycles. The molecule has 0 bridgehead atoms. The third kappa shape index (κ3) is 3.20. The first-order chi connectivity index (χ1) is 12.9. The molecule has 4 nitrogen and oxygen atoms in total. The van der Waals surface area contributed by atoms with Crippen LogP contribution in [0.5, 0.6) is 0 Å². The Bertz CT molecular complexity index is 1040. The van der Waals surface area contributed by atoms with E-state index in [1.807, 2.05) is 12.1 Å². The molecular formula is C20H17F3N2O2. The molecule has 3 aromatic rings. The lowest BCUT2D eigenvalue weighted by Crippen LogP contribution is -2.20. The number of hydrogen-bond donors (Lipinski definition) is 4. The zero-order valence-corrected chi connectivity index (χ0v) is 14.1. The number of hydrogen-bond acceptors (Lipinski definition) is 3. The molecule has 0 saturated carbocycles. The molecule has 0 fully saturated rings.